The van der Waals surface area contributed by atoms with Gasteiger partial charge >= 0.3 is 0 Å². The van der Waals surface area contributed by atoms with Crippen molar-refractivity contribution in [3.63, 3.8) is 0 Å². The van der Waals surface area contributed by atoms with E-state index in [9.17, 15) is 4.79 Å². The zero-order chi connectivity index (χ0) is 16.5. The molecule has 1 aromatic heterocycles. The van der Waals surface area contributed by atoms with Gasteiger partial charge in [-0.15, -0.1) is 0 Å². The van der Waals surface area contributed by atoms with Crippen LogP contribution in [0.2, 0.25) is 0 Å². The third kappa shape index (κ3) is 2.58. The number of rotatable bonds is 2. The van der Waals surface area contributed by atoms with Crippen LogP contribution in [0.4, 0.5) is 5.69 Å². The smallest absolute Gasteiger partial charge is 0.253 e. The normalized spacial score (nSPS) is 15.7. The monoisotopic (exact) mass is 319 g/mol. The summed E-state index contributed by atoms with van der Waals surface area (Å²) in [6.07, 6.45) is 5.78. The number of aromatic nitrogens is 1. The van der Waals surface area contributed by atoms with E-state index in [2.05, 4.69) is 5.32 Å². The van der Waals surface area contributed by atoms with E-state index in [1.165, 1.54) is 19.3 Å². The predicted molar refractivity (Wildman–Crippen MR) is 98.0 cm³/mol. The fourth-order valence-electron chi connectivity index (χ4n) is 3.64. The van der Waals surface area contributed by atoms with E-state index in [0.29, 0.717) is 16.8 Å². The van der Waals surface area contributed by atoms with Crippen LogP contribution < -0.4 is 11.1 Å². The number of hydrogen-bond donors (Lipinski definition) is 2. The molecule has 3 N–H and O–H groups in total. The Morgan fingerprint density at radius 3 is 2.58 bits per heavy atom. The first-order chi connectivity index (χ1) is 11.7. The largest absolute Gasteiger partial charge is 0.398 e. The number of benzene rings is 2. The van der Waals surface area contributed by atoms with Crippen LogP contribution in [0.3, 0.4) is 0 Å². The lowest BCUT2D eigenvalue weighted by atomic mass is 9.95. The second-order valence-corrected chi connectivity index (χ2v) is 6.55. The molecule has 0 unspecified atom stereocenters. The molecule has 0 atom stereocenters. The van der Waals surface area contributed by atoms with Crippen LogP contribution >= 0.6 is 0 Å². The van der Waals surface area contributed by atoms with E-state index >= 15 is 0 Å². The lowest BCUT2D eigenvalue weighted by Crippen LogP contribution is -2.36. The van der Waals surface area contributed by atoms with Crippen molar-refractivity contribution < 1.29 is 4.79 Å². The van der Waals surface area contributed by atoms with Crippen molar-refractivity contribution in [3.05, 3.63) is 48.0 Å². The van der Waals surface area contributed by atoms with Crippen molar-refractivity contribution in [3.8, 4) is 0 Å². The summed E-state index contributed by atoms with van der Waals surface area (Å²) in [7, 11) is 0. The molecule has 0 bridgehead atoms. The number of nitrogens with two attached hydrogens (primary N) is 1. The Morgan fingerprint density at radius 1 is 1.00 bits per heavy atom. The molecule has 1 saturated carbocycles. The highest BCUT2D eigenvalue weighted by atomic mass is 16.1. The molecule has 0 saturated heterocycles. The Kier molecular flexibility index (Phi) is 3.81. The molecular weight excluding hydrogens is 298 g/mol. The first-order valence-electron chi connectivity index (χ1n) is 8.62. The van der Waals surface area contributed by atoms with Crippen LogP contribution in [-0.2, 0) is 0 Å². The molecule has 4 rings (SSSR count). The fraction of sp³-hybridized carbons (Fsp3) is 0.300. The van der Waals surface area contributed by atoms with Crippen molar-refractivity contribution in [1.82, 2.24) is 10.3 Å². The lowest BCUT2D eigenvalue weighted by molar-refractivity contribution is 0.0929. The lowest BCUT2D eigenvalue weighted by Gasteiger charge is -2.23. The van der Waals surface area contributed by atoms with Crippen LogP contribution in [-0.4, -0.2) is 16.9 Å². The zero-order valence-electron chi connectivity index (χ0n) is 13.6. The molecule has 2 aromatic carbocycles. The standard InChI is InChI=1S/C20H21N3O/c21-18-14-9-4-5-12-17(14)23-19-15(18)10-6-11-16(19)20(24)22-13-7-2-1-3-8-13/h4-6,9-13H,1-3,7-8H2,(H2,21,23)(H,22,24). The number of para-hydroxylation sites is 2. The van der Waals surface area contributed by atoms with Crippen molar-refractivity contribution in [1.29, 1.82) is 0 Å². The number of amides is 1. The van der Waals surface area contributed by atoms with E-state index in [-0.39, 0.29) is 11.9 Å². The van der Waals surface area contributed by atoms with Gasteiger partial charge < -0.3 is 11.1 Å². The molecule has 4 heteroatoms. The third-order valence-electron chi connectivity index (χ3n) is 4.94. The minimum Gasteiger partial charge on any atom is -0.398 e. The summed E-state index contributed by atoms with van der Waals surface area (Å²) < 4.78 is 0. The third-order valence-corrected chi connectivity index (χ3v) is 4.94. The molecule has 1 amide bonds. The Balaban J connectivity index is 1.79. The molecule has 24 heavy (non-hydrogen) atoms. The number of carbonyl (C=O) groups excluding carboxylic acids is 1. The molecule has 0 aliphatic heterocycles. The van der Waals surface area contributed by atoms with Crippen LogP contribution in [0, 0.1) is 0 Å². The summed E-state index contributed by atoms with van der Waals surface area (Å²) in [5, 5.41) is 4.94. The van der Waals surface area contributed by atoms with E-state index in [4.69, 9.17) is 10.7 Å². The topological polar surface area (TPSA) is 68.0 Å². The number of nitrogens with zero attached hydrogens (tertiary/aromatic N) is 1. The summed E-state index contributed by atoms with van der Waals surface area (Å²) in [6, 6.07) is 13.7. The number of pyridine rings is 1. The van der Waals surface area contributed by atoms with Gasteiger partial charge in [-0.1, -0.05) is 49.6 Å². The minimum absolute atomic E-state index is 0.0466. The number of fused-ring (bicyclic) bond motifs is 2. The highest BCUT2D eigenvalue weighted by molar-refractivity contribution is 6.13. The summed E-state index contributed by atoms with van der Waals surface area (Å²) in [5.74, 6) is -0.0466. The van der Waals surface area contributed by atoms with Gasteiger partial charge in [-0.25, -0.2) is 4.98 Å². The maximum Gasteiger partial charge on any atom is 0.253 e. The molecule has 1 aliphatic carbocycles. The van der Waals surface area contributed by atoms with Gasteiger partial charge in [-0.05, 0) is 25.0 Å². The van der Waals surface area contributed by atoms with E-state index < -0.39 is 0 Å². The minimum atomic E-state index is -0.0466. The molecule has 122 valence electrons. The molecule has 4 nitrogen and oxygen atoms in total. The first kappa shape index (κ1) is 14.9. The van der Waals surface area contributed by atoms with Gasteiger partial charge in [0.2, 0.25) is 0 Å². The Hall–Kier alpha value is -2.62. The number of carbonyl (C=O) groups is 1. The summed E-state index contributed by atoms with van der Waals surface area (Å²) in [4.78, 5) is 17.5. The quantitative estimate of drug-likeness (QED) is 0.701. The van der Waals surface area contributed by atoms with Crippen LogP contribution in [0.25, 0.3) is 21.8 Å². The summed E-state index contributed by atoms with van der Waals surface area (Å²) >= 11 is 0. The molecule has 1 fully saturated rings. The average Bonchev–Trinajstić information content (AvgIpc) is 2.62. The molecule has 0 spiro atoms. The first-order valence-corrected chi connectivity index (χ1v) is 8.62. The molecular formula is C20H21N3O. The molecule has 1 heterocycles. The van der Waals surface area contributed by atoms with E-state index in [0.717, 1.165) is 29.1 Å². The Bertz CT molecular complexity index is 913. The van der Waals surface area contributed by atoms with Gasteiger partial charge in [-0.3, -0.25) is 4.79 Å². The molecule has 0 radical (unpaired) electrons. The predicted octanol–water partition coefficient (Wildman–Crippen LogP) is 4.03. The number of nitrogen functional groups attached to an aromatic ring is 1. The van der Waals surface area contributed by atoms with Crippen molar-refractivity contribution in [2.24, 2.45) is 0 Å². The molecule has 3 aromatic rings. The SMILES string of the molecule is Nc1c2ccccc2nc2c(C(=O)NC3CCCCC3)cccc12. The maximum absolute atomic E-state index is 12.8. The van der Waals surface area contributed by atoms with Gasteiger partial charge in [0, 0.05) is 16.8 Å². The van der Waals surface area contributed by atoms with Gasteiger partial charge in [0.25, 0.3) is 5.91 Å². The second kappa shape index (κ2) is 6.11. The highest BCUT2D eigenvalue weighted by Gasteiger charge is 2.19. The van der Waals surface area contributed by atoms with Gasteiger partial charge in [0.05, 0.1) is 22.3 Å². The number of anilines is 1. The average molecular weight is 319 g/mol. The van der Waals surface area contributed by atoms with Crippen LogP contribution in [0.1, 0.15) is 42.5 Å². The maximum atomic E-state index is 12.8. The summed E-state index contributed by atoms with van der Waals surface area (Å²) in [5.41, 5.74) is 9.13. The van der Waals surface area contributed by atoms with E-state index in [1.54, 1.807) is 0 Å². The van der Waals surface area contributed by atoms with Crippen molar-refractivity contribution >= 4 is 33.4 Å². The second-order valence-electron chi connectivity index (χ2n) is 6.55. The fourth-order valence-corrected chi connectivity index (χ4v) is 3.64. The zero-order valence-corrected chi connectivity index (χ0v) is 13.6. The summed E-state index contributed by atoms with van der Waals surface area (Å²) in [6.45, 7) is 0. The van der Waals surface area contributed by atoms with Crippen LogP contribution in [0.5, 0.6) is 0 Å². The van der Waals surface area contributed by atoms with Gasteiger partial charge in [0.1, 0.15) is 0 Å². The van der Waals surface area contributed by atoms with Gasteiger partial charge in [-0.2, -0.15) is 0 Å². The number of hydrogen-bond acceptors (Lipinski definition) is 3. The van der Waals surface area contributed by atoms with E-state index in [1.807, 2.05) is 42.5 Å². The highest BCUT2D eigenvalue weighted by Crippen LogP contribution is 2.30. The Labute approximate surface area is 141 Å². The van der Waals surface area contributed by atoms with Crippen molar-refractivity contribution in [2.75, 3.05) is 5.73 Å². The number of nitrogens with one attached hydrogen (secondary N) is 1. The van der Waals surface area contributed by atoms with Crippen LogP contribution in [0.15, 0.2) is 42.5 Å². The molecule has 1 aliphatic rings. The Morgan fingerprint density at radius 2 is 1.75 bits per heavy atom. The van der Waals surface area contributed by atoms with Crippen molar-refractivity contribution in [2.45, 2.75) is 38.1 Å². The van der Waals surface area contributed by atoms with Gasteiger partial charge in [0.15, 0.2) is 0 Å².